The minimum absolute atomic E-state index is 0.0237. The summed E-state index contributed by atoms with van der Waals surface area (Å²) in [4.78, 5) is 25.5. The van der Waals surface area contributed by atoms with Crippen LogP contribution in [-0.2, 0) is 0 Å². The van der Waals surface area contributed by atoms with Crippen molar-refractivity contribution in [3.05, 3.63) is 21.9 Å². The Morgan fingerprint density at radius 1 is 1.06 bits per heavy atom. The summed E-state index contributed by atoms with van der Waals surface area (Å²) < 4.78 is 0. The maximum atomic E-state index is 12.1. The van der Waals surface area contributed by atoms with Gasteiger partial charge in [0.1, 0.15) is 4.88 Å². The number of hydrogen-bond acceptors (Lipinski definition) is 3. The first-order valence-electron chi connectivity index (χ1n) is 5.81. The van der Waals surface area contributed by atoms with Crippen molar-refractivity contribution in [2.24, 2.45) is 0 Å². The smallest absolute Gasteiger partial charge is 0.345 e. The Morgan fingerprint density at radius 3 is 2.18 bits per heavy atom. The van der Waals surface area contributed by atoms with Crippen LogP contribution in [0, 0.1) is 0 Å². The van der Waals surface area contributed by atoms with E-state index < -0.39 is 5.97 Å². The third-order valence-corrected chi connectivity index (χ3v) is 3.98. The topological polar surface area (TPSA) is 57.6 Å². The number of carboxylic acid groups (broad SMARTS) is 1. The van der Waals surface area contributed by atoms with E-state index in [1.54, 1.807) is 6.07 Å². The number of carboxylic acids is 1. The van der Waals surface area contributed by atoms with E-state index in [0.29, 0.717) is 4.88 Å². The Balaban J connectivity index is 2.09. The molecule has 2 rings (SSSR count). The van der Waals surface area contributed by atoms with Crippen LogP contribution in [-0.4, -0.2) is 35.0 Å². The molecule has 0 spiro atoms. The van der Waals surface area contributed by atoms with E-state index in [0.717, 1.165) is 37.3 Å². The van der Waals surface area contributed by atoms with E-state index in [9.17, 15) is 9.59 Å². The number of nitrogens with zero attached hydrogens (tertiary/aromatic N) is 1. The van der Waals surface area contributed by atoms with Crippen LogP contribution in [0.5, 0.6) is 0 Å². The summed E-state index contributed by atoms with van der Waals surface area (Å²) in [6, 6.07) is 3.11. The fourth-order valence-corrected chi connectivity index (χ4v) is 2.81. The van der Waals surface area contributed by atoms with Gasteiger partial charge in [-0.3, -0.25) is 4.79 Å². The van der Waals surface area contributed by atoms with Crippen LogP contribution in [0.1, 0.15) is 45.0 Å². The molecule has 5 heteroatoms. The van der Waals surface area contributed by atoms with Gasteiger partial charge < -0.3 is 10.0 Å². The maximum Gasteiger partial charge on any atom is 0.345 e. The van der Waals surface area contributed by atoms with Crippen molar-refractivity contribution in [2.75, 3.05) is 13.1 Å². The number of hydrogen-bond donors (Lipinski definition) is 1. The molecule has 1 aliphatic heterocycles. The first-order chi connectivity index (χ1) is 8.18. The van der Waals surface area contributed by atoms with Gasteiger partial charge >= 0.3 is 5.97 Å². The third-order valence-electron chi connectivity index (χ3n) is 2.92. The lowest BCUT2D eigenvalue weighted by Crippen LogP contribution is -2.31. The van der Waals surface area contributed by atoms with Gasteiger partial charge in [0.2, 0.25) is 0 Å². The van der Waals surface area contributed by atoms with Crippen molar-refractivity contribution < 1.29 is 14.7 Å². The third kappa shape index (κ3) is 2.85. The number of amides is 1. The molecule has 0 aromatic carbocycles. The molecule has 17 heavy (non-hydrogen) atoms. The molecular weight excluding hydrogens is 238 g/mol. The summed E-state index contributed by atoms with van der Waals surface area (Å²) >= 11 is 1.06. The second-order valence-corrected chi connectivity index (χ2v) is 5.26. The van der Waals surface area contributed by atoms with Crippen LogP contribution in [0.4, 0.5) is 0 Å². The summed E-state index contributed by atoms with van der Waals surface area (Å²) in [5, 5.41) is 8.82. The summed E-state index contributed by atoms with van der Waals surface area (Å²) in [5.41, 5.74) is 0. The minimum atomic E-state index is -0.968. The molecule has 1 aromatic rings. The van der Waals surface area contributed by atoms with Crippen molar-refractivity contribution in [1.82, 2.24) is 4.90 Å². The zero-order valence-electron chi connectivity index (χ0n) is 9.52. The average molecular weight is 253 g/mol. The molecule has 0 aliphatic carbocycles. The monoisotopic (exact) mass is 253 g/mol. The molecule has 1 N–H and O–H groups in total. The van der Waals surface area contributed by atoms with Crippen LogP contribution >= 0.6 is 11.3 Å². The van der Waals surface area contributed by atoms with Gasteiger partial charge in [0.05, 0.1) is 4.88 Å². The van der Waals surface area contributed by atoms with Crippen LogP contribution in [0.15, 0.2) is 12.1 Å². The zero-order valence-corrected chi connectivity index (χ0v) is 10.3. The number of carbonyl (C=O) groups excluding carboxylic acids is 1. The van der Waals surface area contributed by atoms with Crippen molar-refractivity contribution in [3.8, 4) is 0 Å². The van der Waals surface area contributed by atoms with Crippen LogP contribution in [0.2, 0.25) is 0 Å². The molecule has 92 valence electrons. The molecule has 0 atom stereocenters. The predicted octanol–water partition coefficient (Wildman–Crippen LogP) is 2.46. The molecule has 0 bridgehead atoms. The van der Waals surface area contributed by atoms with Gasteiger partial charge in [-0.1, -0.05) is 12.8 Å². The van der Waals surface area contributed by atoms with Gasteiger partial charge in [0.25, 0.3) is 5.91 Å². The van der Waals surface area contributed by atoms with E-state index in [1.807, 2.05) is 4.90 Å². The van der Waals surface area contributed by atoms with Gasteiger partial charge in [-0.2, -0.15) is 0 Å². The average Bonchev–Trinajstić information content (AvgIpc) is 2.65. The lowest BCUT2D eigenvalue weighted by atomic mass is 10.2. The van der Waals surface area contributed by atoms with E-state index in [-0.39, 0.29) is 10.8 Å². The first-order valence-corrected chi connectivity index (χ1v) is 6.62. The molecule has 2 heterocycles. The number of rotatable bonds is 2. The number of carbonyl (C=O) groups is 2. The first kappa shape index (κ1) is 12.1. The molecule has 0 unspecified atom stereocenters. The van der Waals surface area contributed by atoms with Crippen LogP contribution in [0.25, 0.3) is 0 Å². The quantitative estimate of drug-likeness (QED) is 0.880. The molecule has 0 radical (unpaired) electrons. The molecule has 1 fully saturated rings. The van der Waals surface area contributed by atoms with Gasteiger partial charge in [0, 0.05) is 13.1 Å². The maximum absolute atomic E-state index is 12.1. The summed E-state index contributed by atoms with van der Waals surface area (Å²) in [5.74, 6) is -0.991. The second kappa shape index (κ2) is 5.31. The standard InChI is InChI=1S/C12H15NO3S/c14-11(13-7-3-1-2-4-8-13)9-5-6-10(17-9)12(15)16/h5-6H,1-4,7-8H2,(H,15,16). The summed E-state index contributed by atoms with van der Waals surface area (Å²) in [6.07, 6.45) is 4.44. The SMILES string of the molecule is O=C(O)c1ccc(C(=O)N2CCCCCC2)s1. The number of thiophene rings is 1. The Kier molecular flexibility index (Phi) is 3.78. The van der Waals surface area contributed by atoms with E-state index >= 15 is 0 Å². The van der Waals surface area contributed by atoms with E-state index in [4.69, 9.17) is 5.11 Å². The highest BCUT2D eigenvalue weighted by Crippen LogP contribution is 2.20. The minimum Gasteiger partial charge on any atom is -0.477 e. The van der Waals surface area contributed by atoms with E-state index in [2.05, 4.69) is 0 Å². The number of aromatic carboxylic acids is 1. The molecule has 0 saturated carbocycles. The summed E-state index contributed by atoms with van der Waals surface area (Å²) in [7, 11) is 0. The molecule has 1 amide bonds. The Hall–Kier alpha value is -1.36. The fourth-order valence-electron chi connectivity index (χ4n) is 2.00. The normalized spacial score (nSPS) is 16.6. The highest BCUT2D eigenvalue weighted by molar-refractivity contribution is 7.15. The second-order valence-electron chi connectivity index (χ2n) is 4.18. The lowest BCUT2D eigenvalue weighted by Gasteiger charge is -2.19. The lowest BCUT2D eigenvalue weighted by molar-refractivity contribution is 0.0701. The van der Waals surface area contributed by atoms with Crippen LogP contribution < -0.4 is 0 Å². The molecule has 1 saturated heterocycles. The highest BCUT2D eigenvalue weighted by Gasteiger charge is 2.19. The Morgan fingerprint density at radius 2 is 1.65 bits per heavy atom. The Bertz CT molecular complexity index is 419. The van der Waals surface area contributed by atoms with Gasteiger partial charge in [-0.15, -0.1) is 11.3 Å². The van der Waals surface area contributed by atoms with Crippen molar-refractivity contribution in [2.45, 2.75) is 25.7 Å². The number of likely N-dealkylation sites (tertiary alicyclic amines) is 1. The van der Waals surface area contributed by atoms with Gasteiger partial charge in [0.15, 0.2) is 0 Å². The van der Waals surface area contributed by atoms with Gasteiger partial charge in [-0.25, -0.2) is 4.79 Å². The highest BCUT2D eigenvalue weighted by atomic mass is 32.1. The fraction of sp³-hybridized carbons (Fsp3) is 0.500. The van der Waals surface area contributed by atoms with Gasteiger partial charge in [-0.05, 0) is 25.0 Å². The largest absolute Gasteiger partial charge is 0.477 e. The van der Waals surface area contributed by atoms with Crippen molar-refractivity contribution in [1.29, 1.82) is 0 Å². The van der Waals surface area contributed by atoms with E-state index in [1.165, 1.54) is 18.9 Å². The van der Waals surface area contributed by atoms with Crippen molar-refractivity contribution in [3.63, 3.8) is 0 Å². The molecule has 1 aromatic heterocycles. The molecular formula is C12H15NO3S. The predicted molar refractivity (Wildman–Crippen MR) is 65.6 cm³/mol. The van der Waals surface area contributed by atoms with Crippen LogP contribution in [0.3, 0.4) is 0 Å². The summed E-state index contributed by atoms with van der Waals surface area (Å²) in [6.45, 7) is 1.58. The zero-order chi connectivity index (χ0) is 12.3. The molecule has 4 nitrogen and oxygen atoms in total. The van der Waals surface area contributed by atoms with Crippen molar-refractivity contribution >= 4 is 23.2 Å². The molecule has 1 aliphatic rings. The Labute approximate surface area is 104 Å².